The number of hydrogen-bond donors (Lipinski definition) is 0. The molecule has 0 atom stereocenters. The summed E-state index contributed by atoms with van der Waals surface area (Å²) in [4.78, 5) is 5.51. The second-order valence-corrected chi connectivity index (χ2v) is 45.7. The van der Waals surface area contributed by atoms with E-state index in [9.17, 15) is 19.4 Å². The Morgan fingerprint density at radius 1 is 0.566 bits per heavy atom. The summed E-state index contributed by atoms with van der Waals surface area (Å²) in [5.41, 5.74) is 11.6. The standard InChI is InChI=1S/C21H26N2.C18H33P.C8H8.2ClH.Ru/c1-14-9-16(3)20(17(4)10-14)22-7-8-23(13-22)21-18(5)11-15(2)12-19(21)6;1-4-10-16(11-5-1)19(17-12-6-2-7-13-17)18-14-8-3-9-15-18;1-2-8-6-4-3-5-7-8;;;/h9-12H,7-8H2,1-6H3;16-18H,1-15H2;1,3-7H,2H2;2*1H;/q;;;;;+1/p-1. The van der Waals surface area contributed by atoms with E-state index in [-0.39, 0.29) is 0 Å². The number of aryl methyl sites for hydroxylation is 6. The molecule has 0 spiro atoms. The molecular weight excluding hydrogens is 795 g/mol. The van der Waals surface area contributed by atoms with Gasteiger partial charge in [0.15, 0.2) is 0 Å². The number of anilines is 2. The first-order chi connectivity index (χ1) is 25.4. The normalized spacial score (nSPS) is 21.1. The molecule has 0 radical (unpaired) electrons. The third-order valence-corrected chi connectivity index (χ3v) is 51.6. The van der Waals surface area contributed by atoms with Gasteiger partial charge in [0.05, 0.1) is 0 Å². The fourth-order valence-electron chi connectivity index (χ4n) is 12.0. The van der Waals surface area contributed by atoms with Gasteiger partial charge in [0.25, 0.3) is 0 Å². The predicted molar refractivity (Wildman–Crippen MR) is 238 cm³/mol. The Hall–Kier alpha value is -1.37. The van der Waals surface area contributed by atoms with E-state index in [2.05, 4.69) is 111 Å². The summed E-state index contributed by atoms with van der Waals surface area (Å²) in [5.74, 6) is 0. The fourth-order valence-corrected chi connectivity index (χ4v) is 59.4. The molecule has 53 heavy (non-hydrogen) atoms. The molecule has 0 aromatic heterocycles. The van der Waals surface area contributed by atoms with Crippen molar-refractivity contribution < 1.29 is 10.2 Å². The van der Waals surface area contributed by atoms with Gasteiger partial charge in [-0.1, -0.05) is 0 Å². The zero-order valence-corrected chi connectivity index (χ0v) is 38.0. The van der Waals surface area contributed by atoms with Crippen LogP contribution in [0.15, 0.2) is 54.6 Å². The van der Waals surface area contributed by atoms with E-state index in [1.54, 1.807) is 0 Å². The van der Waals surface area contributed by atoms with Crippen LogP contribution in [0.25, 0.3) is 0 Å². The van der Waals surface area contributed by atoms with Gasteiger partial charge in [-0.05, 0) is 0 Å². The molecule has 4 aliphatic rings. The van der Waals surface area contributed by atoms with Crippen LogP contribution < -0.4 is 9.80 Å². The van der Waals surface area contributed by atoms with Crippen LogP contribution in [0, 0.1) is 41.5 Å². The van der Waals surface area contributed by atoms with Gasteiger partial charge < -0.3 is 0 Å². The number of halogens is 2. The Kier molecular flexibility index (Phi) is 12.2. The first-order valence-electron chi connectivity index (χ1n) is 21.1. The number of nitrogens with zero attached hydrogens (tertiary/aromatic N) is 2. The molecule has 3 saturated carbocycles. The first kappa shape index (κ1) is 39.9. The van der Waals surface area contributed by atoms with Crippen LogP contribution in [-0.2, 0) is 16.7 Å². The van der Waals surface area contributed by atoms with Crippen molar-refractivity contribution in [1.82, 2.24) is 0 Å². The average Bonchev–Trinajstić information content (AvgIpc) is 3.57. The molecule has 6 heteroatoms. The molecule has 3 aliphatic carbocycles. The van der Waals surface area contributed by atoms with Crippen LogP contribution in [0.4, 0.5) is 11.4 Å². The second kappa shape index (κ2) is 16.2. The molecule has 293 valence electrons. The van der Waals surface area contributed by atoms with Gasteiger partial charge in [0.2, 0.25) is 0 Å². The zero-order valence-electron chi connectivity index (χ0n) is 33.7. The maximum absolute atomic E-state index is 9.56. The van der Waals surface area contributed by atoms with Crippen molar-refractivity contribution in [3.8, 4) is 0 Å². The molecule has 4 fully saturated rings. The van der Waals surface area contributed by atoms with E-state index < -0.39 is 15.8 Å². The van der Waals surface area contributed by atoms with E-state index in [0.29, 0.717) is 17.0 Å². The van der Waals surface area contributed by atoms with Crippen molar-refractivity contribution in [3.05, 3.63) is 93.5 Å². The van der Waals surface area contributed by atoms with Gasteiger partial charge in [-0.3, -0.25) is 0 Å². The Balaban J connectivity index is 1.70. The zero-order chi connectivity index (χ0) is 37.4. The molecule has 1 saturated heterocycles. The third-order valence-electron chi connectivity index (χ3n) is 13.7. The summed E-state index contributed by atoms with van der Waals surface area (Å²) in [6, 6.07) is 20.8. The summed E-state index contributed by atoms with van der Waals surface area (Å²) in [5, 5.41) is 0. The second-order valence-electron chi connectivity index (χ2n) is 17.5. The molecule has 0 unspecified atom stereocenters. The molecule has 3 aromatic carbocycles. The molecule has 3 aromatic rings. The van der Waals surface area contributed by atoms with E-state index in [1.807, 2.05) is 0 Å². The van der Waals surface area contributed by atoms with Crippen molar-refractivity contribution in [2.24, 2.45) is 0 Å². The fraction of sp³-hybridized carbons (Fsp3) is 0.574. The van der Waals surface area contributed by atoms with Crippen LogP contribution in [0.1, 0.15) is 135 Å². The van der Waals surface area contributed by atoms with Gasteiger partial charge in [-0.15, -0.1) is 0 Å². The number of rotatable bonds is 8. The predicted octanol–water partition coefficient (Wildman–Crippen LogP) is 13.7. The summed E-state index contributed by atoms with van der Waals surface area (Å²) in [6.45, 7) is 15.7. The quantitative estimate of drug-likeness (QED) is 0.164. The van der Waals surface area contributed by atoms with Crippen LogP contribution >= 0.6 is 25.0 Å². The first-order valence-corrected chi connectivity index (χ1v) is 32.2. The van der Waals surface area contributed by atoms with Gasteiger partial charge in [-0.25, -0.2) is 0 Å². The topological polar surface area (TPSA) is 6.48 Å². The Bertz CT molecular complexity index is 1770. The minimum absolute atomic E-state index is 0.687. The van der Waals surface area contributed by atoms with Gasteiger partial charge in [-0.2, -0.15) is 0 Å². The van der Waals surface area contributed by atoms with Crippen LogP contribution in [0.5, 0.6) is 0 Å². The van der Waals surface area contributed by atoms with Crippen molar-refractivity contribution in [2.75, 3.05) is 22.9 Å². The summed E-state index contributed by atoms with van der Waals surface area (Å²) in [7, 11) is 14.3. The van der Waals surface area contributed by atoms with E-state index >= 15 is 0 Å². The maximum atomic E-state index is 9.56. The van der Waals surface area contributed by atoms with Gasteiger partial charge >= 0.3 is 333 Å². The number of benzene rings is 3. The van der Waals surface area contributed by atoms with Crippen molar-refractivity contribution >= 4 is 45.3 Å². The monoisotopic (exact) mass is 863 g/mol. The molecule has 0 amide bonds. The summed E-state index contributed by atoms with van der Waals surface area (Å²) in [6.07, 6.45) is 21.1. The van der Waals surface area contributed by atoms with E-state index in [1.165, 1.54) is 151 Å². The molecule has 0 bridgehead atoms. The average molecular weight is 864 g/mol. The van der Waals surface area contributed by atoms with Crippen molar-refractivity contribution in [3.63, 3.8) is 0 Å². The van der Waals surface area contributed by atoms with Gasteiger partial charge in [0.1, 0.15) is 0 Å². The Labute approximate surface area is 331 Å². The summed E-state index contributed by atoms with van der Waals surface area (Å²) >= 11 is 0. The Morgan fingerprint density at radius 2 is 0.925 bits per heavy atom. The van der Waals surface area contributed by atoms with Crippen LogP contribution in [0.3, 0.4) is 0 Å². The van der Waals surface area contributed by atoms with Crippen molar-refractivity contribution in [1.29, 1.82) is 0 Å². The molecule has 7 rings (SSSR count). The minimum atomic E-state index is -4.83. The Morgan fingerprint density at radius 3 is 1.28 bits per heavy atom. The molecule has 1 aliphatic heterocycles. The van der Waals surface area contributed by atoms with Crippen LogP contribution in [-0.4, -0.2) is 39.0 Å². The SMILES string of the molecule is Cc1cc(C)c(N2CCN(c3c(C)cc(C)cc3C)[C]2=[Ru]([Cl])([Cl])(=[CH]Cc2ccccc2)[PH](C2CCCCC2)(C2CCCCC2)C2CCCCC2)c(C)c1. The molecular formula is C47H68Cl2N2PRu. The molecule has 0 N–H and O–H groups in total. The molecule has 2 nitrogen and oxygen atoms in total. The van der Waals surface area contributed by atoms with Crippen LogP contribution in [0.2, 0.25) is 0 Å². The van der Waals surface area contributed by atoms with Crippen molar-refractivity contribution in [2.45, 2.75) is 161 Å². The third kappa shape index (κ3) is 7.24. The van der Waals surface area contributed by atoms with E-state index in [4.69, 9.17) is 0 Å². The van der Waals surface area contributed by atoms with E-state index in [0.717, 1.165) is 19.5 Å². The summed E-state index contributed by atoms with van der Waals surface area (Å²) < 4.78 is 4.09. The molecule has 1 heterocycles. The number of hydrogen-bond acceptors (Lipinski definition) is 2. The van der Waals surface area contributed by atoms with Gasteiger partial charge in [0, 0.05) is 0 Å².